The van der Waals surface area contributed by atoms with E-state index in [0.29, 0.717) is 5.01 Å². The van der Waals surface area contributed by atoms with Gasteiger partial charge < -0.3 is 41.2 Å². The van der Waals surface area contributed by atoms with Crippen molar-refractivity contribution < 1.29 is 108 Å². The van der Waals surface area contributed by atoms with Crippen molar-refractivity contribution in [3.05, 3.63) is 0 Å². The quantitative estimate of drug-likeness (QED) is 0.0406. The number of hydrogen-bond donors (Lipinski definition) is 7. The normalized spacial score (nSPS) is 19.9. The first-order valence-corrected chi connectivity index (χ1v) is 16.8. The molecular formula is C30H49GdN9O14. The van der Waals surface area contributed by atoms with Gasteiger partial charge in [0.2, 0.25) is 17.7 Å². The number of carboxylic acid groups (broad SMARTS) is 3. The molecule has 0 aromatic heterocycles. The standard InChI is InChI=1S/C30H49N9O14.Gd/c1-4-52-30(51)26-25(53-26)29(50)39(13-20(31)40)34-28(49)19(3)33-27(48)18(2)32-21(41)14-35-5-7-36(15-22(42)43)9-11-38(17-24(46)47)12-10-37(8-6-35)16-23(44)45;/h18-19,25-26H,4-17H2,1-3H3,(H2,31,40)(H,32,41)(H,33,48)(H,34,49)(H,42,43)(H,44,45)(H,46,47);/t18?,19?,25-,26+;/m0./s1. The number of epoxide rings is 1. The summed E-state index contributed by atoms with van der Waals surface area (Å²) >= 11 is 0. The molecule has 0 aromatic rings. The van der Waals surface area contributed by atoms with Crippen molar-refractivity contribution in [2.75, 3.05) is 91.7 Å². The maximum atomic E-state index is 13.1. The van der Waals surface area contributed by atoms with Gasteiger partial charge in [-0.15, -0.1) is 0 Å². The second-order valence-corrected chi connectivity index (χ2v) is 12.4. The van der Waals surface area contributed by atoms with Gasteiger partial charge in [0.15, 0.2) is 12.2 Å². The second kappa shape index (κ2) is 24.0. The number of nitrogens with zero attached hydrogens (tertiary/aromatic N) is 5. The Kier molecular flexibility index (Phi) is 21.5. The number of nitrogens with one attached hydrogen (secondary N) is 3. The molecule has 0 bridgehead atoms. The van der Waals surface area contributed by atoms with Crippen LogP contribution in [0.1, 0.15) is 20.8 Å². The molecule has 4 atom stereocenters. The van der Waals surface area contributed by atoms with Gasteiger partial charge in [0, 0.05) is 92.3 Å². The van der Waals surface area contributed by atoms with Crippen LogP contribution >= 0.6 is 0 Å². The van der Waals surface area contributed by atoms with Gasteiger partial charge in [-0.05, 0) is 20.8 Å². The topological polar surface area (TPSA) is 314 Å². The molecule has 0 spiro atoms. The Morgan fingerprint density at radius 2 is 1.11 bits per heavy atom. The molecule has 54 heavy (non-hydrogen) atoms. The van der Waals surface area contributed by atoms with Gasteiger partial charge in [-0.1, -0.05) is 0 Å². The monoisotopic (exact) mass is 917 g/mol. The summed E-state index contributed by atoms with van der Waals surface area (Å²) in [4.78, 5) is 116. The van der Waals surface area contributed by atoms with E-state index in [1.54, 1.807) is 26.5 Å². The molecule has 24 heteroatoms. The molecule has 2 fully saturated rings. The first-order chi connectivity index (χ1) is 24.9. The minimum absolute atomic E-state index is 0. The second-order valence-electron chi connectivity index (χ2n) is 12.4. The van der Waals surface area contributed by atoms with Crippen LogP contribution in [0.2, 0.25) is 0 Å². The van der Waals surface area contributed by atoms with Crippen molar-refractivity contribution in [3.63, 3.8) is 0 Å². The third-order valence-corrected chi connectivity index (χ3v) is 7.98. The fourth-order valence-corrected chi connectivity index (χ4v) is 5.16. The number of carbonyl (C=O) groups is 9. The smallest absolute Gasteiger partial charge is 0.338 e. The molecule has 2 heterocycles. The molecular weight excluding hydrogens is 868 g/mol. The first-order valence-electron chi connectivity index (χ1n) is 16.8. The van der Waals surface area contributed by atoms with E-state index in [1.165, 1.54) is 13.8 Å². The Labute approximate surface area is 342 Å². The Morgan fingerprint density at radius 3 is 1.50 bits per heavy atom. The summed E-state index contributed by atoms with van der Waals surface area (Å²) in [5, 5.41) is 33.6. The minimum atomic E-state index is -1.32. The molecule has 8 N–H and O–H groups in total. The van der Waals surface area contributed by atoms with Crippen molar-refractivity contribution in [3.8, 4) is 0 Å². The van der Waals surface area contributed by atoms with Crippen molar-refractivity contribution >= 4 is 53.4 Å². The van der Waals surface area contributed by atoms with Crippen molar-refractivity contribution in [2.24, 2.45) is 5.73 Å². The Morgan fingerprint density at radius 1 is 0.704 bits per heavy atom. The maximum absolute atomic E-state index is 13.1. The van der Waals surface area contributed by atoms with Crippen LogP contribution in [0.5, 0.6) is 0 Å². The van der Waals surface area contributed by atoms with Gasteiger partial charge in [0.25, 0.3) is 11.8 Å². The number of primary amides is 1. The summed E-state index contributed by atoms with van der Waals surface area (Å²) in [6.45, 7) is 3.67. The first kappa shape index (κ1) is 48.4. The summed E-state index contributed by atoms with van der Waals surface area (Å²) in [6, 6.07) is -2.47. The molecule has 0 aromatic carbocycles. The number of hydrogen-bond acceptors (Lipinski definition) is 15. The molecule has 0 radical (unpaired) electrons. The number of carbonyl (C=O) groups excluding carboxylic acids is 6. The predicted molar refractivity (Wildman–Crippen MR) is 178 cm³/mol. The molecule has 2 aliphatic heterocycles. The van der Waals surface area contributed by atoms with E-state index in [-0.39, 0.29) is 125 Å². The van der Waals surface area contributed by atoms with E-state index < -0.39 is 84.2 Å². The summed E-state index contributed by atoms with van der Waals surface area (Å²) in [6.07, 6.45) is -2.54. The van der Waals surface area contributed by atoms with Crippen LogP contribution in [0.15, 0.2) is 0 Å². The van der Waals surface area contributed by atoms with Crippen LogP contribution in [0, 0.1) is 39.9 Å². The summed E-state index contributed by atoms with van der Waals surface area (Å²) in [5.74, 6) is -8.39. The molecule has 5 amide bonds. The predicted octanol–water partition coefficient (Wildman–Crippen LogP) is -5.85. The van der Waals surface area contributed by atoms with Crippen LogP contribution in [0.4, 0.5) is 0 Å². The number of rotatable bonds is 17. The van der Waals surface area contributed by atoms with Gasteiger partial charge in [-0.3, -0.25) is 63.4 Å². The maximum Gasteiger partial charge on any atom is 0.338 e. The number of ether oxygens (including phenoxy) is 2. The van der Waals surface area contributed by atoms with Crippen LogP contribution < -0.4 is 21.8 Å². The minimum Gasteiger partial charge on any atom is -0.480 e. The Hall–Kier alpha value is -3.65. The number of amides is 5. The third-order valence-electron chi connectivity index (χ3n) is 7.98. The van der Waals surface area contributed by atoms with Crippen LogP contribution in [0.25, 0.3) is 0 Å². The molecule has 2 saturated heterocycles. The van der Waals surface area contributed by atoms with E-state index in [4.69, 9.17) is 15.2 Å². The fourth-order valence-electron chi connectivity index (χ4n) is 5.16. The zero-order valence-electron chi connectivity index (χ0n) is 30.2. The zero-order chi connectivity index (χ0) is 39.8. The van der Waals surface area contributed by atoms with Crippen molar-refractivity contribution in [1.29, 1.82) is 0 Å². The van der Waals surface area contributed by atoms with Crippen LogP contribution in [-0.4, -0.2) is 209 Å². The number of nitrogens with two attached hydrogens (primary N) is 1. The van der Waals surface area contributed by atoms with E-state index in [0.717, 1.165) is 0 Å². The van der Waals surface area contributed by atoms with E-state index in [1.807, 2.05) is 0 Å². The van der Waals surface area contributed by atoms with E-state index in [9.17, 15) is 58.5 Å². The van der Waals surface area contributed by atoms with Gasteiger partial charge in [0.05, 0.1) is 32.8 Å². The zero-order valence-corrected chi connectivity index (χ0v) is 32.5. The number of hydrazine groups is 1. The fraction of sp³-hybridized carbons (Fsp3) is 0.700. The Balaban J connectivity index is 0.0000146. The molecule has 0 saturated carbocycles. The molecule has 2 unspecified atom stereocenters. The summed E-state index contributed by atoms with van der Waals surface area (Å²) < 4.78 is 9.81. The number of esters is 1. The van der Waals surface area contributed by atoms with Gasteiger partial charge in [0.1, 0.15) is 18.6 Å². The van der Waals surface area contributed by atoms with Gasteiger partial charge in [-0.2, -0.15) is 0 Å². The van der Waals surface area contributed by atoms with Crippen LogP contribution in [0.3, 0.4) is 0 Å². The average Bonchev–Trinajstić information content (AvgIpc) is 3.85. The number of carboxylic acids is 3. The van der Waals surface area contributed by atoms with Crippen molar-refractivity contribution in [1.82, 2.24) is 40.7 Å². The van der Waals surface area contributed by atoms with E-state index >= 15 is 0 Å². The summed E-state index contributed by atoms with van der Waals surface area (Å²) in [7, 11) is 0. The molecule has 23 nitrogen and oxygen atoms in total. The largest absolute Gasteiger partial charge is 0.480 e. The SMILES string of the molecule is CCOC(=O)[C@@H]1O[C@@H]1C(=O)N(CC(N)=O)NC(=O)C(C)NC(=O)C(C)NC(=O)CN1CCN(CC(=O)O)CCN(CC(=O)O)CCN(CC(=O)O)CC1.[Gd]. The van der Waals surface area contributed by atoms with Crippen LogP contribution in [-0.2, 0) is 52.6 Å². The molecule has 0 aliphatic carbocycles. The third kappa shape index (κ3) is 18.1. The van der Waals surface area contributed by atoms with Gasteiger partial charge >= 0.3 is 23.9 Å². The molecule has 2 rings (SSSR count). The number of aliphatic carboxylic acids is 3. The van der Waals surface area contributed by atoms with Crippen molar-refractivity contribution in [2.45, 2.75) is 45.1 Å². The van der Waals surface area contributed by atoms with E-state index in [2.05, 4.69) is 16.1 Å². The molecule has 306 valence electrons. The average molecular weight is 917 g/mol. The Bertz CT molecular complexity index is 1340. The van der Waals surface area contributed by atoms with Gasteiger partial charge in [-0.25, -0.2) is 9.80 Å². The molecule has 2 aliphatic rings. The summed E-state index contributed by atoms with van der Waals surface area (Å²) in [5.41, 5.74) is 7.36.